The van der Waals surface area contributed by atoms with Crippen molar-refractivity contribution < 1.29 is 33.3 Å². The van der Waals surface area contributed by atoms with Crippen molar-refractivity contribution in [3.63, 3.8) is 0 Å². The van der Waals surface area contributed by atoms with E-state index in [0.717, 1.165) is 14.6 Å². The van der Waals surface area contributed by atoms with Crippen LogP contribution in [0.4, 0.5) is 5.69 Å². The molecule has 2 amide bonds. The second kappa shape index (κ2) is 15.0. The number of hydrazone groups is 1. The van der Waals surface area contributed by atoms with Crippen LogP contribution in [-0.2, 0) is 0 Å². The van der Waals surface area contributed by atoms with Crippen molar-refractivity contribution in [2.24, 2.45) is 5.10 Å². The van der Waals surface area contributed by atoms with E-state index in [0.29, 0.717) is 48.4 Å². The monoisotopic (exact) mass is 799 g/mol. The molecule has 1 aromatic heterocycles. The van der Waals surface area contributed by atoms with E-state index < -0.39 is 11.9 Å². The number of amides is 2. The molecule has 0 aliphatic rings. The van der Waals surface area contributed by atoms with Crippen molar-refractivity contribution >= 4 is 94.6 Å². The lowest BCUT2D eigenvalue weighted by atomic mass is 10.1. The van der Waals surface area contributed by atoms with Crippen LogP contribution in [0.1, 0.15) is 36.0 Å². The van der Waals surface area contributed by atoms with Crippen molar-refractivity contribution in [3.8, 4) is 23.0 Å². The molecule has 0 unspecified atom stereocenters. The highest BCUT2D eigenvalue weighted by atomic mass is 79.9. The number of anilines is 1. The molecule has 0 aliphatic carbocycles. The first-order valence-corrected chi connectivity index (χ1v) is 16.3. The van der Waals surface area contributed by atoms with Gasteiger partial charge in [0.05, 0.1) is 38.1 Å². The molecule has 0 saturated carbocycles. The Bertz CT molecular complexity index is 2010. The first-order chi connectivity index (χ1) is 22.6. The smallest absolute Gasteiger partial charge is 0.343 e. The summed E-state index contributed by atoms with van der Waals surface area (Å²) in [5.74, 6) is -0.416. The van der Waals surface area contributed by atoms with Gasteiger partial charge in [-0.1, -0.05) is 49.5 Å². The summed E-state index contributed by atoms with van der Waals surface area (Å²) >= 11 is 14.6. The third kappa shape index (κ3) is 7.76. The normalized spacial score (nSPS) is 10.9. The van der Waals surface area contributed by atoms with E-state index in [9.17, 15) is 14.4 Å². The second-order valence-corrected chi connectivity index (χ2v) is 12.9. The number of nitrogens with one attached hydrogen (secondary N) is 2. The third-order valence-electron chi connectivity index (χ3n) is 6.65. The van der Waals surface area contributed by atoms with Crippen molar-refractivity contribution in [2.45, 2.75) is 0 Å². The van der Waals surface area contributed by atoms with Gasteiger partial charge in [-0.05, 0) is 66.7 Å². The van der Waals surface area contributed by atoms with Crippen LogP contribution >= 0.6 is 54.8 Å². The van der Waals surface area contributed by atoms with Gasteiger partial charge in [-0.25, -0.2) is 10.2 Å². The molecule has 0 aliphatic heterocycles. The van der Waals surface area contributed by atoms with E-state index >= 15 is 0 Å². The van der Waals surface area contributed by atoms with Crippen molar-refractivity contribution in [1.29, 1.82) is 0 Å². The number of nitrogens with zero attached hydrogens (tertiary/aromatic N) is 1. The summed E-state index contributed by atoms with van der Waals surface area (Å²) in [7, 11) is 4.35. The summed E-state index contributed by atoms with van der Waals surface area (Å²) in [5, 5.41) is 8.03. The Morgan fingerprint density at radius 3 is 2.11 bits per heavy atom. The number of methoxy groups -OCH3 is 3. The molecule has 0 saturated heterocycles. The van der Waals surface area contributed by atoms with Crippen LogP contribution in [0.3, 0.4) is 0 Å². The predicted octanol–water partition coefficient (Wildman–Crippen LogP) is 8.34. The molecule has 0 spiro atoms. The third-order valence-corrected chi connectivity index (χ3v) is 9.29. The largest absolute Gasteiger partial charge is 0.493 e. The number of hydrogen-bond donors (Lipinski definition) is 2. The molecule has 1 heterocycles. The fourth-order valence-electron chi connectivity index (χ4n) is 4.37. The molecule has 4 aromatic carbocycles. The number of carbonyl (C=O) groups excluding carboxylic acids is 3. The van der Waals surface area contributed by atoms with Gasteiger partial charge in [-0.2, -0.15) is 5.10 Å². The minimum absolute atomic E-state index is 0.165. The first kappa shape index (κ1) is 33.9. The van der Waals surface area contributed by atoms with Crippen LogP contribution < -0.4 is 29.7 Å². The summed E-state index contributed by atoms with van der Waals surface area (Å²) in [6, 6.07) is 19.8. The minimum atomic E-state index is -0.680. The Labute approximate surface area is 294 Å². The number of carbonyl (C=O) groups is 3. The number of fused-ring (bicyclic) bond motifs is 1. The highest BCUT2D eigenvalue weighted by molar-refractivity contribution is 9.10. The summed E-state index contributed by atoms with van der Waals surface area (Å²) in [4.78, 5) is 39.2. The lowest BCUT2D eigenvalue weighted by Gasteiger charge is -2.14. The highest BCUT2D eigenvalue weighted by Gasteiger charge is 2.20. The van der Waals surface area contributed by atoms with Gasteiger partial charge in [0.1, 0.15) is 10.6 Å². The quantitative estimate of drug-likeness (QED) is 0.0630. The maximum absolute atomic E-state index is 13.1. The van der Waals surface area contributed by atoms with Gasteiger partial charge in [0.15, 0.2) is 11.5 Å². The van der Waals surface area contributed by atoms with E-state index in [4.69, 9.17) is 30.5 Å². The van der Waals surface area contributed by atoms with Gasteiger partial charge >= 0.3 is 5.97 Å². The molecule has 47 heavy (non-hydrogen) atoms. The zero-order valence-corrected chi connectivity index (χ0v) is 29.6. The zero-order chi connectivity index (χ0) is 33.7. The van der Waals surface area contributed by atoms with Gasteiger partial charge in [-0.15, -0.1) is 11.3 Å². The number of halogens is 3. The minimum Gasteiger partial charge on any atom is -0.493 e. The fourth-order valence-corrected chi connectivity index (χ4v) is 6.72. The van der Waals surface area contributed by atoms with Crippen LogP contribution in [0.5, 0.6) is 23.0 Å². The molecule has 240 valence electrons. The lowest BCUT2D eigenvalue weighted by Crippen LogP contribution is -2.18. The van der Waals surface area contributed by atoms with Crippen LogP contribution in [0.15, 0.2) is 86.8 Å². The molecule has 0 radical (unpaired) electrons. The Morgan fingerprint density at radius 2 is 1.45 bits per heavy atom. The Hall–Kier alpha value is -4.43. The van der Waals surface area contributed by atoms with Gasteiger partial charge in [-0.3, -0.25) is 9.59 Å². The Balaban J connectivity index is 1.24. The molecule has 2 N–H and O–H groups in total. The molecule has 0 fully saturated rings. The fraction of sp³-hybridized carbons (Fsp3) is 0.0909. The molecule has 0 bridgehead atoms. The van der Waals surface area contributed by atoms with E-state index in [1.165, 1.54) is 51.0 Å². The second-order valence-electron chi connectivity index (χ2n) is 9.60. The molecule has 10 nitrogen and oxygen atoms in total. The van der Waals surface area contributed by atoms with Crippen molar-refractivity contribution in [1.82, 2.24) is 5.43 Å². The lowest BCUT2D eigenvalue weighted by molar-refractivity contribution is 0.0733. The zero-order valence-electron chi connectivity index (χ0n) is 24.9. The Kier molecular flexibility index (Phi) is 10.8. The summed E-state index contributed by atoms with van der Waals surface area (Å²) in [5.41, 5.74) is 3.81. The van der Waals surface area contributed by atoms with Gasteiger partial charge in [0.25, 0.3) is 11.8 Å². The molecule has 5 aromatic rings. The van der Waals surface area contributed by atoms with Crippen molar-refractivity contribution in [2.75, 3.05) is 26.6 Å². The van der Waals surface area contributed by atoms with Crippen LogP contribution in [-0.4, -0.2) is 45.3 Å². The van der Waals surface area contributed by atoms with E-state index in [1.54, 1.807) is 42.5 Å². The summed E-state index contributed by atoms with van der Waals surface area (Å²) in [6.45, 7) is 0. The van der Waals surface area contributed by atoms with Gasteiger partial charge in [0.2, 0.25) is 5.75 Å². The van der Waals surface area contributed by atoms with Crippen LogP contribution in [0, 0.1) is 0 Å². The number of ether oxygens (including phenoxy) is 4. The van der Waals surface area contributed by atoms with E-state index in [1.807, 2.05) is 18.2 Å². The molecule has 5 rings (SSSR count). The number of esters is 1. The predicted molar refractivity (Wildman–Crippen MR) is 189 cm³/mol. The average molecular weight is 802 g/mol. The van der Waals surface area contributed by atoms with Gasteiger partial charge in [0, 0.05) is 35.8 Å². The van der Waals surface area contributed by atoms with E-state index in [-0.39, 0.29) is 17.2 Å². The highest BCUT2D eigenvalue weighted by Crippen LogP contribution is 2.39. The standard InChI is InChI=1S/C33H24Br2ClN3O7S/c1-43-25-13-18(14-26(44-2)29(25)45-3)33(42)46-24-11-7-20(34)12-19(24)16-37-39-31(40)17-4-8-22(9-5-17)38-32(41)30-28(36)23-10-6-21(35)15-27(23)47-30/h4-16H,1-3H3,(H,38,41)(H,39,40)/b37-16-. The molecule has 0 atom stereocenters. The molecular weight excluding hydrogens is 778 g/mol. The first-order valence-electron chi connectivity index (χ1n) is 13.6. The maximum atomic E-state index is 13.1. The summed E-state index contributed by atoms with van der Waals surface area (Å²) < 4.78 is 24.1. The topological polar surface area (TPSA) is 125 Å². The van der Waals surface area contributed by atoms with Crippen LogP contribution in [0.2, 0.25) is 5.02 Å². The van der Waals surface area contributed by atoms with E-state index in [2.05, 4.69) is 47.7 Å². The SMILES string of the molecule is COc1cc(C(=O)Oc2ccc(Br)cc2/C=N\NC(=O)c2ccc(NC(=O)c3sc4cc(Br)ccc4c3Cl)cc2)cc(OC)c1OC. The number of hydrogen-bond acceptors (Lipinski definition) is 9. The number of benzene rings is 4. The Morgan fingerprint density at radius 1 is 0.787 bits per heavy atom. The average Bonchev–Trinajstić information content (AvgIpc) is 3.40. The molecule has 14 heteroatoms. The molecular formula is C33H24Br2ClN3O7S. The number of thiophene rings is 1. The maximum Gasteiger partial charge on any atom is 0.343 e. The summed E-state index contributed by atoms with van der Waals surface area (Å²) in [6.07, 6.45) is 1.35. The van der Waals surface area contributed by atoms with Crippen LogP contribution in [0.25, 0.3) is 10.1 Å². The van der Waals surface area contributed by atoms with Gasteiger partial charge < -0.3 is 24.3 Å². The number of rotatable bonds is 10. The van der Waals surface area contributed by atoms with Crippen molar-refractivity contribution in [3.05, 3.63) is 108 Å².